The first kappa shape index (κ1) is 32.3. The third-order valence-electron chi connectivity index (χ3n) is 10.2. The fourth-order valence-electron chi connectivity index (χ4n) is 8.93. The fourth-order valence-corrected chi connectivity index (χ4v) is 12.3. The molecule has 4 rings (SSSR count). The molecular formula is C31H57NO5Si3. The van der Waals surface area contributed by atoms with Crippen molar-refractivity contribution in [3.05, 3.63) is 11.6 Å². The van der Waals surface area contributed by atoms with Crippen LogP contribution in [0.5, 0.6) is 0 Å². The molecule has 0 N–H and O–H groups in total. The highest BCUT2D eigenvalue weighted by Crippen LogP contribution is 2.68. The van der Waals surface area contributed by atoms with E-state index in [0.29, 0.717) is 30.6 Å². The van der Waals surface area contributed by atoms with Crippen molar-refractivity contribution in [3.8, 4) is 0 Å². The molecular weight excluding hydrogens is 551 g/mol. The second-order valence-electron chi connectivity index (χ2n) is 16.5. The van der Waals surface area contributed by atoms with E-state index in [0.717, 1.165) is 44.2 Å². The monoisotopic (exact) mass is 607 g/mol. The number of fused-ring (bicyclic) bond motifs is 5. The van der Waals surface area contributed by atoms with Crippen LogP contribution in [0.15, 0.2) is 16.8 Å². The maximum Gasteiger partial charge on any atom is 0.184 e. The quantitative estimate of drug-likeness (QED) is 0.198. The van der Waals surface area contributed by atoms with Crippen LogP contribution in [0.3, 0.4) is 0 Å². The van der Waals surface area contributed by atoms with Gasteiger partial charge in [0.25, 0.3) is 0 Å². The van der Waals surface area contributed by atoms with Crippen molar-refractivity contribution >= 4 is 36.4 Å². The zero-order valence-electron chi connectivity index (χ0n) is 27.5. The Bertz CT molecular complexity index is 1040. The van der Waals surface area contributed by atoms with Crippen molar-refractivity contribution in [1.82, 2.24) is 0 Å². The number of rotatable bonds is 9. The lowest BCUT2D eigenvalue weighted by atomic mass is 9.45. The fraction of sp³-hybridized carbons (Fsp3) is 0.871. The number of Topliss-reactive ketones (excluding diaryl/α,β-unsaturated/α-hetero) is 1. The first-order valence-corrected chi connectivity index (χ1v) is 25.8. The van der Waals surface area contributed by atoms with E-state index < -0.39 is 30.6 Å². The van der Waals surface area contributed by atoms with Gasteiger partial charge < -0.3 is 18.1 Å². The third-order valence-corrected chi connectivity index (χ3v) is 13.2. The van der Waals surface area contributed by atoms with Crippen LogP contribution in [0, 0.1) is 28.6 Å². The molecule has 0 radical (unpaired) electrons. The molecule has 0 heterocycles. The Balaban J connectivity index is 1.77. The average molecular weight is 608 g/mol. The van der Waals surface area contributed by atoms with Crippen molar-refractivity contribution in [2.24, 2.45) is 33.7 Å². The van der Waals surface area contributed by atoms with Gasteiger partial charge in [-0.15, -0.1) is 0 Å². The molecule has 40 heavy (non-hydrogen) atoms. The number of allylic oxidation sites excluding steroid dienone is 2. The lowest BCUT2D eigenvalue weighted by molar-refractivity contribution is -0.176. The van der Waals surface area contributed by atoms with Crippen LogP contribution in [-0.2, 0) is 22.9 Å². The maximum absolute atomic E-state index is 14.5. The summed E-state index contributed by atoms with van der Waals surface area (Å²) in [6.07, 6.45) is 8.64. The normalized spacial score (nSPS) is 38.4. The molecule has 6 nitrogen and oxygen atoms in total. The predicted octanol–water partition coefficient (Wildman–Crippen LogP) is 7.79. The van der Waals surface area contributed by atoms with Crippen molar-refractivity contribution in [3.63, 3.8) is 0 Å². The van der Waals surface area contributed by atoms with Crippen LogP contribution in [0.25, 0.3) is 0 Å². The van der Waals surface area contributed by atoms with Crippen LogP contribution in [-0.4, -0.2) is 61.9 Å². The standard InChI is InChI=1S/C31H57NO5Si3/c1-29-17-15-23(32-34-3)19-22(29)13-14-24-25-16-18-31(37-40(10,11)12,30(25,2)20-26(33)28(24)29)27(36-39(7,8)9)21-35-38(4,5)6/h19,24-25,27-28H,13-18,20-21H2,1-12H3/b32-23-/t24-,25-,27-,28+,29-,30-,31-/m0/s1. The maximum atomic E-state index is 14.5. The second-order valence-corrected chi connectivity index (χ2v) is 29.9. The molecule has 0 aromatic carbocycles. The van der Waals surface area contributed by atoms with Gasteiger partial charge in [-0.05, 0) is 121 Å². The Morgan fingerprint density at radius 1 is 0.950 bits per heavy atom. The number of hydrogen-bond acceptors (Lipinski definition) is 6. The molecule has 0 unspecified atom stereocenters. The number of hydrogen-bond donors (Lipinski definition) is 0. The van der Waals surface area contributed by atoms with E-state index in [2.05, 4.69) is 84.0 Å². The summed E-state index contributed by atoms with van der Waals surface area (Å²) >= 11 is 0. The van der Waals surface area contributed by atoms with E-state index in [1.54, 1.807) is 7.11 Å². The van der Waals surface area contributed by atoms with Crippen LogP contribution in [0.4, 0.5) is 0 Å². The molecule has 0 aromatic heterocycles. The Morgan fingerprint density at radius 2 is 1.62 bits per heavy atom. The summed E-state index contributed by atoms with van der Waals surface area (Å²) in [7, 11) is -4.12. The molecule has 4 aliphatic rings. The third kappa shape index (κ3) is 6.07. The van der Waals surface area contributed by atoms with Crippen LogP contribution in [0.2, 0.25) is 58.9 Å². The van der Waals surface area contributed by atoms with Crippen LogP contribution < -0.4 is 0 Å². The van der Waals surface area contributed by atoms with Crippen LogP contribution >= 0.6 is 0 Å². The van der Waals surface area contributed by atoms with Gasteiger partial charge in [-0.25, -0.2) is 0 Å². The Kier molecular flexibility index (Phi) is 8.76. The van der Waals surface area contributed by atoms with Crippen molar-refractivity contribution in [2.45, 2.75) is 129 Å². The highest BCUT2D eigenvalue weighted by atomic mass is 28.4. The van der Waals surface area contributed by atoms with Crippen molar-refractivity contribution in [2.75, 3.05) is 13.7 Å². The topological polar surface area (TPSA) is 66.4 Å². The molecule has 0 bridgehead atoms. The smallest absolute Gasteiger partial charge is 0.184 e. The number of nitrogens with zero attached hydrogens (tertiary/aromatic N) is 1. The zero-order valence-corrected chi connectivity index (χ0v) is 30.5. The second kappa shape index (κ2) is 10.8. The highest BCUT2D eigenvalue weighted by molar-refractivity contribution is 6.70. The molecule has 0 aromatic rings. The molecule has 228 valence electrons. The van der Waals surface area contributed by atoms with Gasteiger partial charge in [0.05, 0.1) is 24.0 Å². The average Bonchev–Trinajstić information content (AvgIpc) is 3.06. The molecule has 7 atom stereocenters. The van der Waals surface area contributed by atoms with Gasteiger partial charge in [-0.2, -0.15) is 0 Å². The summed E-state index contributed by atoms with van der Waals surface area (Å²) in [5.74, 6) is 1.34. The minimum absolute atomic E-state index is 0.0759. The van der Waals surface area contributed by atoms with E-state index in [1.807, 2.05) is 0 Å². The number of oxime groups is 1. The van der Waals surface area contributed by atoms with Gasteiger partial charge in [0.15, 0.2) is 25.0 Å². The van der Waals surface area contributed by atoms with E-state index in [-0.39, 0.29) is 22.9 Å². The summed E-state index contributed by atoms with van der Waals surface area (Å²) in [6, 6.07) is 0. The van der Waals surface area contributed by atoms with Gasteiger partial charge >= 0.3 is 0 Å². The molecule has 3 saturated carbocycles. The summed E-state index contributed by atoms with van der Waals surface area (Å²) in [6.45, 7) is 25.8. The largest absolute Gasteiger partial charge is 0.415 e. The molecule has 0 saturated heterocycles. The summed E-state index contributed by atoms with van der Waals surface area (Å²) < 4.78 is 21.1. The summed E-state index contributed by atoms with van der Waals surface area (Å²) in [5, 5.41) is 4.25. The molecule has 0 amide bonds. The minimum Gasteiger partial charge on any atom is -0.415 e. The lowest BCUT2D eigenvalue weighted by Crippen LogP contribution is -2.66. The van der Waals surface area contributed by atoms with Gasteiger partial charge in [-0.3, -0.25) is 4.79 Å². The van der Waals surface area contributed by atoms with Crippen LogP contribution in [0.1, 0.15) is 58.8 Å². The summed E-state index contributed by atoms with van der Waals surface area (Å²) in [4.78, 5) is 19.6. The minimum atomic E-state index is -2.01. The SMILES string of the molecule is CO/N=C1\C=C2CC[C@@H]3[C@H](C(=O)C[C@@]4(C)[C@H]3CC[C@]4(O[Si](C)(C)C)[C@H](CO[Si](C)(C)C)O[Si](C)(C)C)[C@@]2(C)CC1. The lowest BCUT2D eigenvalue weighted by Gasteiger charge is -2.61. The van der Waals surface area contributed by atoms with Gasteiger partial charge in [0, 0.05) is 17.8 Å². The van der Waals surface area contributed by atoms with E-state index >= 15 is 0 Å². The Labute approximate surface area is 247 Å². The molecule has 3 fully saturated rings. The number of carbonyl (C=O) groups excluding carboxylic acids is 1. The zero-order chi connectivity index (χ0) is 29.9. The number of carbonyl (C=O) groups is 1. The van der Waals surface area contributed by atoms with E-state index in [1.165, 1.54) is 5.57 Å². The Morgan fingerprint density at radius 3 is 2.20 bits per heavy atom. The van der Waals surface area contributed by atoms with E-state index in [9.17, 15) is 4.79 Å². The first-order valence-electron chi connectivity index (χ1n) is 15.6. The first-order chi connectivity index (χ1) is 18.2. The molecule has 0 aliphatic heterocycles. The summed E-state index contributed by atoms with van der Waals surface area (Å²) in [5.41, 5.74) is 1.55. The van der Waals surface area contributed by atoms with Crippen molar-refractivity contribution in [1.29, 1.82) is 0 Å². The van der Waals surface area contributed by atoms with E-state index in [4.69, 9.17) is 18.1 Å². The molecule has 4 aliphatic carbocycles. The predicted molar refractivity (Wildman–Crippen MR) is 171 cm³/mol. The number of ketones is 1. The van der Waals surface area contributed by atoms with Gasteiger partial charge in [0.2, 0.25) is 0 Å². The van der Waals surface area contributed by atoms with Crippen molar-refractivity contribution < 1.29 is 22.9 Å². The molecule has 0 spiro atoms. The molecule has 9 heteroatoms. The van der Waals surface area contributed by atoms with Gasteiger partial charge in [-0.1, -0.05) is 24.6 Å². The highest BCUT2D eigenvalue weighted by Gasteiger charge is 2.70. The Hall–Kier alpha value is -0.589. The van der Waals surface area contributed by atoms with Gasteiger partial charge in [0.1, 0.15) is 12.9 Å².